The molecular weight excluding hydrogens is 466 g/mol. The first-order valence-corrected chi connectivity index (χ1v) is 11.9. The summed E-state index contributed by atoms with van der Waals surface area (Å²) in [6.07, 6.45) is 6.52. The number of ether oxygens (including phenoxy) is 1. The maximum Gasteiger partial charge on any atom is 0.295 e. The fourth-order valence-corrected chi connectivity index (χ4v) is 4.47. The molecule has 7 nitrogen and oxygen atoms in total. The molecule has 1 atom stereocenters. The minimum atomic E-state index is -0.789. The summed E-state index contributed by atoms with van der Waals surface area (Å²) in [5, 5.41) is 11.4. The number of benzene rings is 2. The number of nitrogens with zero attached hydrogens (tertiary/aromatic N) is 3. The average Bonchev–Trinajstić information content (AvgIpc) is 3.18. The van der Waals surface area contributed by atoms with Gasteiger partial charge < -0.3 is 14.7 Å². The number of rotatable bonds is 7. The van der Waals surface area contributed by atoms with E-state index in [1.54, 1.807) is 61.2 Å². The zero-order chi connectivity index (χ0) is 25.8. The summed E-state index contributed by atoms with van der Waals surface area (Å²) < 4.78 is 5.95. The molecule has 1 aliphatic rings. The summed E-state index contributed by atoms with van der Waals surface area (Å²) in [5.41, 5.74) is 3.69. The molecule has 184 valence electrons. The first kappa shape index (κ1) is 23.9. The smallest absolute Gasteiger partial charge is 0.295 e. The van der Waals surface area contributed by atoms with E-state index in [4.69, 9.17) is 4.74 Å². The minimum absolute atomic E-state index is 0.0271. The number of likely N-dealkylation sites (tertiary alicyclic amines) is 1. The second-order valence-corrected chi connectivity index (χ2v) is 8.83. The van der Waals surface area contributed by atoms with E-state index in [-0.39, 0.29) is 17.9 Å². The van der Waals surface area contributed by atoms with Crippen molar-refractivity contribution in [3.05, 3.63) is 131 Å². The minimum Gasteiger partial charge on any atom is -0.507 e. The van der Waals surface area contributed by atoms with E-state index in [9.17, 15) is 14.7 Å². The normalized spacial score (nSPS) is 16.7. The molecule has 1 fully saturated rings. The summed E-state index contributed by atoms with van der Waals surface area (Å²) >= 11 is 0. The Morgan fingerprint density at radius 2 is 1.65 bits per heavy atom. The topological polar surface area (TPSA) is 92.6 Å². The Hall–Kier alpha value is -4.78. The van der Waals surface area contributed by atoms with Crippen LogP contribution in [0.4, 0.5) is 0 Å². The van der Waals surface area contributed by atoms with Crippen LogP contribution in [0.15, 0.2) is 103 Å². The number of aryl methyl sites for hydroxylation is 1. The Kier molecular flexibility index (Phi) is 6.76. The van der Waals surface area contributed by atoms with E-state index >= 15 is 0 Å². The molecule has 2 aromatic carbocycles. The van der Waals surface area contributed by atoms with E-state index in [1.165, 1.54) is 4.90 Å². The van der Waals surface area contributed by atoms with Crippen LogP contribution in [0.5, 0.6) is 5.75 Å². The first-order valence-electron chi connectivity index (χ1n) is 11.9. The average molecular weight is 492 g/mol. The lowest BCUT2D eigenvalue weighted by Crippen LogP contribution is -2.29. The van der Waals surface area contributed by atoms with Gasteiger partial charge in [0.1, 0.15) is 18.1 Å². The van der Waals surface area contributed by atoms with Gasteiger partial charge in [-0.1, -0.05) is 42.5 Å². The molecule has 1 N–H and O–H groups in total. The van der Waals surface area contributed by atoms with Crippen molar-refractivity contribution in [1.29, 1.82) is 0 Å². The van der Waals surface area contributed by atoms with Crippen LogP contribution in [0.3, 0.4) is 0 Å². The van der Waals surface area contributed by atoms with Gasteiger partial charge in [0.2, 0.25) is 0 Å². The van der Waals surface area contributed by atoms with Crippen molar-refractivity contribution >= 4 is 17.4 Å². The van der Waals surface area contributed by atoms with Crippen molar-refractivity contribution in [1.82, 2.24) is 14.9 Å². The van der Waals surface area contributed by atoms with Crippen LogP contribution in [0.25, 0.3) is 5.76 Å². The lowest BCUT2D eigenvalue weighted by molar-refractivity contribution is -0.140. The molecule has 1 amide bonds. The maximum atomic E-state index is 13.2. The second-order valence-electron chi connectivity index (χ2n) is 8.83. The highest BCUT2D eigenvalue weighted by Crippen LogP contribution is 2.40. The third-order valence-electron chi connectivity index (χ3n) is 6.30. The number of carbonyl (C=O) groups excluding carboxylic acids is 2. The number of aromatic nitrogens is 2. The van der Waals surface area contributed by atoms with Crippen LogP contribution in [0.1, 0.15) is 33.9 Å². The Morgan fingerprint density at radius 3 is 2.32 bits per heavy atom. The largest absolute Gasteiger partial charge is 0.507 e. The Labute approximate surface area is 214 Å². The number of hydrogen-bond donors (Lipinski definition) is 1. The third kappa shape index (κ3) is 4.97. The van der Waals surface area contributed by atoms with E-state index in [1.807, 2.05) is 43.3 Å². The highest BCUT2D eigenvalue weighted by molar-refractivity contribution is 6.46. The van der Waals surface area contributed by atoms with Crippen molar-refractivity contribution < 1.29 is 19.4 Å². The molecule has 0 bridgehead atoms. The zero-order valence-electron chi connectivity index (χ0n) is 20.2. The van der Waals surface area contributed by atoms with Gasteiger partial charge in [0, 0.05) is 36.9 Å². The molecule has 1 saturated heterocycles. The van der Waals surface area contributed by atoms with Gasteiger partial charge in [-0.2, -0.15) is 0 Å². The standard InChI is InChI=1S/C30H25N3O4/c1-20-15-23(11-12-25(20)37-19-21-7-3-2-4-8-21)28(34)26-27(24-10-6-14-32-17-24)33(30(36)29(26)35)18-22-9-5-13-31-16-22/h2-17,27,34H,18-19H2,1H3/b28-26+/t27-/m1/s1. The Morgan fingerprint density at radius 1 is 0.919 bits per heavy atom. The quantitative estimate of drug-likeness (QED) is 0.223. The van der Waals surface area contributed by atoms with Crippen molar-refractivity contribution in [2.75, 3.05) is 0 Å². The third-order valence-corrected chi connectivity index (χ3v) is 6.30. The molecule has 0 unspecified atom stereocenters. The highest BCUT2D eigenvalue weighted by Gasteiger charge is 2.46. The van der Waals surface area contributed by atoms with Crippen LogP contribution in [0.2, 0.25) is 0 Å². The molecule has 0 spiro atoms. The SMILES string of the molecule is Cc1cc(/C(O)=C2\C(=O)C(=O)N(Cc3cccnc3)[C@@H]2c2cccnc2)ccc1OCc1ccccc1. The predicted molar refractivity (Wildman–Crippen MR) is 138 cm³/mol. The van der Waals surface area contributed by atoms with Crippen molar-refractivity contribution in [3.8, 4) is 5.75 Å². The predicted octanol–water partition coefficient (Wildman–Crippen LogP) is 4.99. The van der Waals surface area contributed by atoms with Gasteiger partial charge in [0.15, 0.2) is 0 Å². The number of aliphatic hydroxyl groups excluding tert-OH is 1. The van der Waals surface area contributed by atoms with Crippen LogP contribution >= 0.6 is 0 Å². The Balaban J connectivity index is 1.50. The van der Waals surface area contributed by atoms with Gasteiger partial charge in [-0.05, 0) is 59.5 Å². The molecule has 3 heterocycles. The van der Waals surface area contributed by atoms with Crippen molar-refractivity contribution in [2.24, 2.45) is 0 Å². The molecule has 0 saturated carbocycles. The summed E-state index contributed by atoms with van der Waals surface area (Å²) in [7, 11) is 0. The highest BCUT2D eigenvalue weighted by atomic mass is 16.5. The Bertz CT molecular complexity index is 1450. The zero-order valence-corrected chi connectivity index (χ0v) is 20.2. The van der Waals surface area contributed by atoms with E-state index < -0.39 is 17.7 Å². The maximum absolute atomic E-state index is 13.2. The number of ketones is 1. The fraction of sp³-hybridized carbons (Fsp3) is 0.133. The number of aliphatic hydroxyl groups is 1. The van der Waals surface area contributed by atoms with Crippen molar-refractivity contribution in [3.63, 3.8) is 0 Å². The molecule has 37 heavy (non-hydrogen) atoms. The number of carbonyl (C=O) groups is 2. The van der Waals surface area contributed by atoms with Crippen LogP contribution in [0, 0.1) is 6.92 Å². The molecule has 4 aromatic rings. The molecule has 5 rings (SSSR count). The summed E-state index contributed by atoms with van der Waals surface area (Å²) in [6, 6.07) is 21.4. The number of Topliss-reactive ketones (excluding diaryl/α,β-unsaturated/α-hetero) is 1. The van der Waals surface area contributed by atoms with Gasteiger partial charge in [-0.3, -0.25) is 19.6 Å². The van der Waals surface area contributed by atoms with Gasteiger partial charge >= 0.3 is 0 Å². The van der Waals surface area contributed by atoms with Gasteiger partial charge in [-0.15, -0.1) is 0 Å². The summed E-state index contributed by atoms with van der Waals surface area (Å²) in [4.78, 5) is 36.1. The molecule has 1 aliphatic heterocycles. The molecule has 0 aliphatic carbocycles. The molecule has 2 aromatic heterocycles. The van der Waals surface area contributed by atoms with Crippen LogP contribution < -0.4 is 4.74 Å². The van der Waals surface area contributed by atoms with Crippen LogP contribution in [-0.2, 0) is 22.7 Å². The summed E-state index contributed by atoms with van der Waals surface area (Å²) in [6.45, 7) is 2.45. The van der Waals surface area contributed by atoms with E-state index in [2.05, 4.69) is 9.97 Å². The molecule has 7 heteroatoms. The van der Waals surface area contributed by atoms with Gasteiger partial charge in [0.05, 0.1) is 11.6 Å². The second kappa shape index (κ2) is 10.5. The van der Waals surface area contributed by atoms with Gasteiger partial charge in [0.25, 0.3) is 11.7 Å². The molecule has 0 radical (unpaired) electrons. The first-order chi connectivity index (χ1) is 18.0. The molecular formula is C30H25N3O4. The van der Waals surface area contributed by atoms with Crippen LogP contribution in [-0.4, -0.2) is 31.7 Å². The van der Waals surface area contributed by atoms with E-state index in [0.29, 0.717) is 23.5 Å². The van der Waals surface area contributed by atoms with Gasteiger partial charge in [-0.25, -0.2) is 0 Å². The van der Waals surface area contributed by atoms with Crippen molar-refractivity contribution in [2.45, 2.75) is 26.1 Å². The number of amides is 1. The monoisotopic (exact) mass is 491 g/mol. The summed E-state index contributed by atoms with van der Waals surface area (Å²) in [5.74, 6) is -0.990. The number of pyridine rings is 2. The van der Waals surface area contributed by atoms with E-state index in [0.717, 1.165) is 16.7 Å². The number of hydrogen-bond acceptors (Lipinski definition) is 6. The lowest BCUT2D eigenvalue weighted by atomic mass is 9.95. The lowest BCUT2D eigenvalue weighted by Gasteiger charge is -2.25. The fourth-order valence-electron chi connectivity index (χ4n) is 4.47.